The Morgan fingerprint density at radius 3 is 2.78 bits per heavy atom. The lowest BCUT2D eigenvalue weighted by Gasteiger charge is -2.22. The third-order valence-electron chi connectivity index (χ3n) is 4.44. The molecule has 1 aromatic carbocycles. The van der Waals surface area contributed by atoms with Crippen LogP contribution >= 0.6 is 0 Å². The van der Waals surface area contributed by atoms with Crippen LogP contribution in [0.4, 0.5) is 4.39 Å². The van der Waals surface area contributed by atoms with Crippen molar-refractivity contribution in [1.29, 1.82) is 0 Å². The minimum atomic E-state index is -0.320. The first-order valence-corrected chi connectivity index (χ1v) is 8.12. The molecule has 1 atom stereocenters. The van der Waals surface area contributed by atoms with E-state index in [9.17, 15) is 9.18 Å². The minimum absolute atomic E-state index is 0.205. The molecule has 1 N–H and O–H groups in total. The highest BCUT2D eigenvalue weighted by molar-refractivity contribution is 5.92. The molecule has 0 aliphatic heterocycles. The Labute approximate surface area is 134 Å². The maximum Gasteiger partial charge on any atom is 0.273 e. The number of carbonyl (C=O) groups excluding carboxylic acids is 1. The van der Waals surface area contributed by atoms with E-state index in [0.717, 1.165) is 25.7 Å². The molecular weight excluding hydrogens is 295 g/mol. The Balaban J connectivity index is 1.70. The van der Waals surface area contributed by atoms with E-state index >= 15 is 0 Å². The van der Waals surface area contributed by atoms with Gasteiger partial charge >= 0.3 is 0 Å². The van der Waals surface area contributed by atoms with Gasteiger partial charge in [-0.3, -0.25) is 4.79 Å². The van der Waals surface area contributed by atoms with Gasteiger partial charge in [0, 0.05) is 11.6 Å². The summed E-state index contributed by atoms with van der Waals surface area (Å²) >= 11 is 0. The van der Waals surface area contributed by atoms with E-state index in [-0.39, 0.29) is 29.5 Å². The molecule has 1 amide bonds. The summed E-state index contributed by atoms with van der Waals surface area (Å²) in [5, 5.41) is 10.9. The van der Waals surface area contributed by atoms with Gasteiger partial charge in [-0.2, -0.15) is 0 Å². The van der Waals surface area contributed by atoms with Crippen molar-refractivity contribution in [2.24, 2.45) is 0 Å². The molecule has 1 unspecified atom stereocenters. The summed E-state index contributed by atoms with van der Waals surface area (Å²) in [7, 11) is 0. The summed E-state index contributed by atoms with van der Waals surface area (Å²) in [6.07, 6.45) is 7.17. The number of nitrogens with one attached hydrogen (secondary N) is 1. The van der Waals surface area contributed by atoms with Gasteiger partial charge in [-0.25, -0.2) is 9.07 Å². The van der Waals surface area contributed by atoms with E-state index in [1.54, 1.807) is 24.4 Å². The normalized spacial score (nSPS) is 17.0. The van der Waals surface area contributed by atoms with E-state index in [0.29, 0.717) is 5.56 Å². The number of benzene rings is 1. The Bertz CT molecular complexity index is 679. The zero-order valence-corrected chi connectivity index (χ0v) is 13.2. The van der Waals surface area contributed by atoms with E-state index in [1.165, 1.54) is 17.2 Å². The molecule has 2 aromatic rings. The van der Waals surface area contributed by atoms with Crippen LogP contribution in [0.5, 0.6) is 0 Å². The van der Waals surface area contributed by atoms with Gasteiger partial charge < -0.3 is 5.32 Å². The monoisotopic (exact) mass is 316 g/mol. The maximum absolute atomic E-state index is 13.9. The van der Waals surface area contributed by atoms with Crippen LogP contribution in [-0.4, -0.2) is 26.9 Å². The van der Waals surface area contributed by atoms with E-state index in [4.69, 9.17) is 0 Å². The van der Waals surface area contributed by atoms with Crippen LogP contribution in [-0.2, 0) is 0 Å². The van der Waals surface area contributed by atoms with Crippen molar-refractivity contribution < 1.29 is 9.18 Å². The van der Waals surface area contributed by atoms with Crippen LogP contribution in [0.25, 0.3) is 0 Å². The van der Waals surface area contributed by atoms with Crippen molar-refractivity contribution in [1.82, 2.24) is 20.3 Å². The van der Waals surface area contributed by atoms with E-state index < -0.39 is 0 Å². The molecule has 1 fully saturated rings. The highest BCUT2D eigenvalue weighted by Gasteiger charge is 2.20. The van der Waals surface area contributed by atoms with Crippen molar-refractivity contribution in [2.45, 2.75) is 51.1 Å². The second kappa shape index (κ2) is 6.89. The largest absolute Gasteiger partial charge is 0.348 e. The highest BCUT2D eigenvalue weighted by Crippen LogP contribution is 2.20. The minimum Gasteiger partial charge on any atom is -0.348 e. The summed E-state index contributed by atoms with van der Waals surface area (Å²) < 4.78 is 15.4. The zero-order chi connectivity index (χ0) is 16.2. The molecule has 1 saturated carbocycles. The van der Waals surface area contributed by atoms with Crippen LogP contribution in [0, 0.1) is 5.82 Å². The standard InChI is InChI=1S/C17H21FN4O/c1-12(14-9-5-6-10-15(14)18)22-11-16(20-21-22)17(23)19-13-7-3-2-4-8-13/h5-6,9-13H,2-4,7-8H2,1H3,(H,19,23). The molecule has 1 aliphatic carbocycles. The van der Waals surface area contributed by atoms with Gasteiger partial charge in [0.05, 0.1) is 12.2 Å². The first-order valence-electron chi connectivity index (χ1n) is 8.12. The predicted octanol–water partition coefficient (Wildman–Crippen LogP) is 3.09. The predicted molar refractivity (Wildman–Crippen MR) is 84.6 cm³/mol. The lowest BCUT2D eigenvalue weighted by atomic mass is 9.95. The molecule has 1 aromatic heterocycles. The number of carbonyl (C=O) groups is 1. The molecule has 1 aliphatic rings. The summed E-state index contributed by atoms with van der Waals surface area (Å²) in [5.74, 6) is -0.493. The highest BCUT2D eigenvalue weighted by atomic mass is 19.1. The van der Waals surface area contributed by atoms with Gasteiger partial charge in [-0.1, -0.05) is 42.7 Å². The molecule has 6 heteroatoms. The number of halogens is 1. The molecule has 1 heterocycles. The van der Waals surface area contributed by atoms with Crippen LogP contribution < -0.4 is 5.32 Å². The molecule has 5 nitrogen and oxygen atoms in total. The Morgan fingerprint density at radius 2 is 2.04 bits per heavy atom. The first-order chi connectivity index (χ1) is 11.1. The number of aromatic nitrogens is 3. The third kappa shape index (κ3) is 3.57. The van der Waals surface area contributed by atoms with Crippen molar-refractivity contribution in [3.63, 3.8) is 0 Å². The van der Waals surface area contributed by atoms with Gasteiger partial charge in [-0.05, 0) is 25.8 Å². The molecule has 0 bridgehead atoms. The zero-order valence-electron chi connectivity index (χ0n) is 13.2. The van der Waals surface area contributed by atoms with Gasteiger partial charge in [0.1, 0.15) is 5.82 Å². The van der Waals surface area contributed by atoms with Gasteiger partial charge in [0.25, 0.3) is 5.91 Å². The van der Waals surface area contributed by atoms with E-state index in [1.807, 2.05) is 6.92 Å². The van der Waals surface area contributed by atoms with Gasteiger partial charge in [0.15, 0.2) is 5.69 Å². The van der Waals surface area contributed by atoms with Gasteiger partial charge in [-0.15, -0.1) is 5.10 Å². The number of hydrogen-bond acceptors (Lipinski definition) is 3. The Morgan fingerprint density at radius 1 is 1.30 bits per heavy atom. The fraction of sp³-hybridized carbons (Fsp3) is 0.471. The van der Waals surface area contributed by atoms with Crippen molar-refractivity contribution >= 4 is 5.91 Å². The number of amides is 1. The summed E-state index contributed by atoms with van der Waals surface area (Å²) in [6, 6.07) is 6.46. The van der Waals surface area contributed by atoms with Crippen LogP contribution in [0.15, 0.2) is 30.5 Å². The number of nitrogens with zero attached hydrogens (tertiary/aromatic N) is 3. The average Bonchev–Trinajstić information content (AvgIpc) is 3.06. The summed E-state index contributed by atoms with van der Waals surface area (Å²) in [4.78, 5) is 12.3. The summed E-state index contributed by atoms with van der Waals surface area (Å²) in [5.41, 5.74) is 0.801. The van der Waals surface area contributed by atoms with Gasteiger partial charge in [0.2, 0.25) is 0 Å². The number of hydrogen-bond donors (Lipinski definition) is 1. The fourth-order valence-corrected chi connectivity index (χ4v) is 3.03. The van der Waals surface area contributed by atoms with Crippen molar-refractivity contribution in [3.05, 3.63) is 47.5 Å². The smallest absolute Gasteiger partial charge is 0.273 e. The molecule has 122 valence electrons. The average molecular weight is 316 g/mol. The Kier molecular flexibility index (Phi) is 4.69. The molecule has 23 heavy (non-hydrogen) atoms. The van der Waals surface area contributed by atoms with Crippen molar-refractivity contribution in [2.75, 3.05) is 0 Å². The molecule has 0 saturated heterocycles. The molecule has 3 rings (SSSR count). The Hall–Kier alpha value is -2.24. The van der Waals surface area contributed by atoms with E-state index in [2.05, 4.69) is 15.6 Å². The SMILES string of the molecule is CC(c1ccccc1F)n1cc(C(=O)NC2CCCCC2)nn1. The third-order valence-corrected chi connectivity index (χ3v) is 4.44. The molecule has 0 spiro atoms. The quantitative estimate of drug-likeness (QED) is 0.943. The van der Waals surface area contributed by atoms with Crippen molar-refractivity contribution in [3.8, 4) is 0 Å². The fourth-order valence-electron chi connectivity index (χ4n) is 3.03. The first kappa shape index (κ1) is 15.6. The topological polar surface area (TPSA) is 59.8 Å². The second-order valence-electron chi connectivity index (χ2n) is 6.09. The maximum atomic E-state index is 13.9. The van der Waals surface area contributed by atoms with Crippen LogP contribution in [0.1, 0.15) is 61.1 Å². The summed E-state index contributed by atoms with van der Waals surface area (Å²) in [6.45, 7) is 1.83. The lowest BCUT2D eigenvalue weighted by Crippen LogP contribution is -2.36. The van der Waals surface area contributed by atoms with Crippen LogP contribution in [0.3, 0.4) is 0 Å². The molecular formula is C17H21FN4O. The second-order valence-corrected chi connectivity index (χ2v) is 6.09. The molecule has 0 radical (unpaired) electrons. The number of rotatable bonds is 4. The van der Waals surface area contributed by atoms with Crippen LogP contribution in [0.2, 0.25) is 0 Å². The lowest BCUT2D eigenvalue weighted by molar-refractivity contribution is 0.0922.